The maximum atomic E-state index is 12.5. The van der Waals surface area contributed by atoms with Gasteiger partial charge in [-0.05, 0) is 49.3 Å². The van der Waals surface area contributed by atoms with Crippen LogP contribution in [-0.2, 0) is 16.0 Å². The van der Waals surface area contributed by atoms with Crippen molar-refractivity contribution in [2.75, 3.05) is 18.4 Å². The highest BCUT2D eigenvalue weighted by Gasteiger charge is 2.49. The fourth-order valence-electron chi connectivity index (χ4n) is 3.28. The van der Waals surface area contributed by atoms with Crippen molar-refractivity contribution in [3.8, 4) is 0 Å². The Hall–Kier alpha value is -1.84. The molecule has 2 fully saturated rings. The van der Waals surface area contributed by atoms with Crippen molar-refractivity contribution in [1.29, 1.82) is 0 Å². The van der Waals surface area contributed by atoms with Crippen LogP contribution in [0.1, 0.15) is 38.7 Å². The molecule has 4 heteroatoms. The van der Waals surface area contributed by atoms with Gasteiger partial charge in [0.15, 0.2) is 0 Å². The molecule has 1 saturated carbocycles. The molecule has 1 N–H and O–H groups in total. The van der Waals surface area contributed by atoms with E-state index in [0.29, 0.717) is 12.3 Å². The summed E-state index contributed by atoms with van der Waals surface area (Å²) in [5.41, 5.74) is 2.07. The minimum Gasteiger partial charge on any atom is -0.342 e. The summed E-state index contributed by atoms with van der Waals surface area (Å²) in [6.45, 7) is 6.04. The molecule has 4 nitrogen and oxygen atoms in total. The molecule has 0 bridgehead atoms. The van der Waals surface area contributed by atoms with E-state index in [1.54, 1.807) is 0 Å². The van der Waals surface area contributed by atoms with Crippen molar-refractivity contribution in [2.45, 2.75) is 39.5 Å². The highest BCUT2D eigenvalue weighted by atomic mass is 16.2. The van der Waals surface area contributed by atoms with Gasteiger partial charge in [0, 0.05) is 18.8 Å². The van der Waals surface area contributed by atoms with Crippen molar-refractivity contribution in [1.82, 2.24) is 4.90 Å². The topological polar surface area (TPSA) is 49.4 Å². The number of carbonyl (C=O) groups is 2. The van der Waals surface area contributed by atoms with Gasteiger partial charge in [-0.15, -0.1) is 0 Å². The number of likely N-dealkylation sites (tertiary alicyclic amines) is 1. The molecule has 1 aliphatic heterocycles. The number of rotatable bonds is 4. The molecule has 0 radical (unpaired) electrons. The van der Waals surface area contributed by atoms with Gasteiger partial charge in [0.2, 0.25) is 11.8 Å². The Morgan fingerprint density at radius 3 is 2.39 bits per heavy atom. The zero-order valence-corrected chi connectivity index (χ0v) is 14.0. The van der Waals surface area contributed by atoms with Gasteiger partial charge < -0.3 is 10.2 Å². The number of hydrogen-bond acceptors (Lipinski definition) is 2. The smallest absolute Gasteiger partial charge is 0.228 e. The van der Waals surface area contributed by atoms with Gasteiger partial charge in [0.25, 0.3) is 0 Å². The summed E-state index contributed by atoms with van der Waals surface area (Å²) in [6, 6.07) is 7.92. The highest BCUT2D eigenvalue weighted by molar-refractivity contribution is 5.99. The van der Waals surface area contributed by atoms with E-state index in [0.717, 1.165) is 38.0 Å². The second kappa shape index (κ2) is 6.73. The van der Waals surface area contributed by atoms with E-state index < -0.39 is 0 Å². The van der Waals surface area contributed by atoms with E-state index in [-0.39, 0.29) is 23.7 Å². The first-order valence-corrected chi connectivity index (χ1v) is 8.77. The largest absolute Gasteiger partial charge is 0.342 e. The predicted molar refractivity (Wildman–Crippen MR) is 91.0 cm³/mol. The molecule has 3 rings (SSSR count). The molecule has 2 unspecified atom stereocenters. The standard InChI is InChI=1S/C19H26N2O2/c1-3-14-4-6-15(7-5-14)20-18(22)16-12-17(16)19(23)21-10-8-13(2)9-11-21/h4-7,13,16-17H,3,8-12H2,1-2H3,(H,20,22). The zero-order chi connectivity index (χ0) is 16.4. The third-order valence-corrected chi connectivity index (χ3v) is 5.17. The number of piperidine rings is 1. The number of anilines is 1. The average molecular weight is 314 g/mol. The Bertz CT molecular complexity index is 574. The first-order chi connectivity index (χ1) is 11.1. The molecule has 1 aromatic rings. The van der Waals surface area contributed by atoms with Crippen molar-refractivity contribution in [3.63, 3.8) is 0 Å². The predicted octanol–water partition coefficient (Wildman–Crippen LogP) is 3.08. The first kappa shape index (κ1) is 16.0. The van der Waals surface area contributed by atoms with E-state index in [1.165, 1.54) is 5.56 Å². The first-order valence-electron chi connectivity index (χ1n) is 8.77. The Morgan fingerprint density at radius 2 is 1.78 bits per heavy atom. The van der Waals surface area contributed by atoms with Crippen LogP contribution in [0.5, 0.6) is 0 Å². The van der Waals surface area contributed by atoms with Gasteiger partial charge in [0.1, 0.15) is 0 Å². The molecule has 0 aromatic heterocycles. The lowest BCUT2D eigenvalue weighted by molar-refractivity contribution is -0.135. The van der Waals surface area contributed by atoms with Crippen LogP contribution >= 0.6 is 0 Å². The van der Waals surface area contributed by atoms with Crippen molar-refractivity contribution in [2.24, 2.45) is 17.8 Å². The lowest BCUT2D eigenvalue weighted by atomic mass is 9.99. The van der Waals surface area contributed by atoms with Crippen LogP contribution in [0.4, 0.5) is 5.69 Å². The summed E-state index contributed by atoms with van der Waals surface area (Å²) >= 11 is 0. The number of carbonyl (C=O) groups excluding carboxylic acids is 2. The number of amides is 2. The molecule has 1 heterocycles. The molecule has 1 saturated heterocycles. The lowest BCUT2D eigenvalue weighted by Crippen LogP contribution is -2.39. The van der Waals surface area contributed by atoms with Gasteiger partial charge in [-0.1, -0.05) is 26.0 Å². The maximum Gasteiger partial charge on any atom is 0.228 e. The van der Waals surface area contributed by atoms with Gasteiger partial charge >= 0.3 is 0 Å². The summed E-state index contributed by atoms with van der Waals surface area (Å²) in [5.74, 6) is 0.630. The van der Waals surface area contributed by atoms with E-state index in [1.807, 2.05) is 29.2 Å². The SMILES string of the molecule is CCc1ccc(NC(=O)C2CC2C(=O)N2CCC(C)CC2)cc1. The lowest BCUT2D eigenvalue weighted by Gasteiger charge is -2.30. The highest BCUT2D eigenvalue weighted by Crippen LogP contribution is 2.41. The Kier molecular flexibility index (Phi) is 4.69. The minimum atomic E-state index is -0.146. The molecule has 0 spiro atoms. The Labute approximate surface area is 138 Å². The molecule has 2 atom stereocenters. The monoisotopic (exact) mass is 314 g/mol. The Morgan fingerprint density at radius 1 is 1.13 bits per heavy atom. The molecule has 23 heavy (non-hydrogen) atoms. The molecule has 1 aromatic carbocycles. The van der Waals surface area contributed by atoms with E-state index in [9.17, 15) is 9.59 Å². The number of nitrogens with zero attached hydrogens (tertiary/aromatic N) is 1. The van der Waals surface area contributed by atoms with E-state index in [4.69, 9.17) is 0 Å². The maximum absolute atomic E-state index is 12.5. The average Bonchev–Trinajstić information content (AvgIpc) is 3.36. The number of nitrogens with one attached hydrogen (secondary N) is 1. The van der Waals surface area contributed by atoms with Crippen LogP contribution in [-0.4, -0.2) is 29.8 Å². The van der Waals surface area contributed by atoms with E-state index >= 15 is 0 Å². The number of benzene rings is 1. The number of aryl methyl sites for hydroxylation is 1. The molecular weight excluding hydrogens is 288 g/mol. The van der Waals surface area contributed by atoms with Crippen LogP contribution in [0.25, 0.3) is 0 Å². The van der Waals surface area contributed by atoms with Crippen LogP contribution in [0.15, 0.2) is 24.3 Å². The zero-order valence-electron chi connectivity index (χ0n) is 14.0. The quantitative estimate of drug-likeness (QED) is 0.928. The fourth-order valence-corrected chi connectivity index (χ4v) is 3.28. The molecule has 2 aliphatic rings. The Balaban J connectivity index is 1.51. The van der Waals surface area contributed by atoms with Crippen LogP contribution in [0.3, 0.4) is 0 Å². The molecule has 2 amide bonds. The van der Waals surface area contributed by atoms with Crippen LogP contribution in [0, 0.1) is 17.8 Å². The van der Waals surface area contributed by atoms with Gasteiger partial charge in [-0.3, -0.25) is 9.59 Å². The summed E-state index contributed by atoms with van der Waals surface area (Å²) in [5, 5.41) is 2.94. The van der Waals surface area contributed by atoms with E-state index in [2.05, 4.69) is 19.2 Å². The van der Waals surface area contributed by atoms with Gasteiger partial charge in [-0.2, -0.15) is 0 Å². The van der Waals surface area contributed by atoms with Crippen LogP contribution < -0.4 is 5.32 Å². The van der Waals surface area contributed by atoms with Crippen molar-refractivity contribution in [3.05, 3.63) is 29.8 Å². The van der Waals surface area contributed by atoms with Gasteiger partial charge in [0.05, 0.1) is 11.8 Å². The summed E-state index contributed by atoms with van der Waals surface area (Å²) in [6.07, 6.45) is 3.85. The molecular formula is C19H26N2O2. The summed E-state index contributed by atoms with van der Waals surface area (Å²) in [4.78, 5) is 26.7. The number of hydrogen-bond donors (Lipinski definition) is 1. The normalized spacial score (nSPS) is 24.3. The van der Waals surface area contributed by atoms with Crippen molar-refractivity contribution >= 4 is 17.5 Å². The summed E-state index contributed by atoms with van der Waals surface area (Å²) in [7, 11) is 0. The van der Waals surface area contributed by atoms with Gasteiger partial charge in [-0.25, -0.2) is 0 Å². The van der Waals surface area contributed by atoms with Crippen molar-refractivity contribution < 1.29 is 9.59 Å². The second-order valence-electron chi connectivity index (χ2n) is 7.00. The minimum absolute atomic E-state index is 0.0158. The molecule has 1 aliphatic carbocycles. The second-order valence-corrected chi connectivity index (χ2v) is 7.00. The summed E-state index contributed by atoms with van der Waals surface area (Å²) < 4.78 is 0. The third kappa shape index (κ3) is 3.74. The van der Waals surface area contributed by atoms with Crippen LogP contribution in [0.2, 0.25) is 0 Å². The third-order valence-electron chi connectivity index (χ3n) is 5.17. The molecule has 124 valence electrons. The fraction of sp³-hybridized carbons (Fsp3) is 0.579.